The number of nitrogens with one attached hydrogen (secondary N) is 1. The van der Waals surface area contributed by atoms with E-state index in [0.717, 1.165) is 19.5 Å². The van der Waals surface area contributed by atoms with E-state index < -0.39 is 0 Å². The second kappa shape index (κ2) is 7.95. The SMILES string of the molecule is O=C(CCCn1cccn1)NCC1(N2CCCCC2)CCCC1. The first-order chi connectivity index (χ1) is 11.3. The van der Waals surface area contributed by atoms with Crippen molar-refractivity contribution < 1.29 is 4.79 Å². The summed E-state index contributed by atoms with van der Waals surface area (Å²) in [7, 11) is 0. The molecule has 1 aliphatic heterocycles. The molecule has 1 saturated carbocycles. The fourth-order valence-corrected chi connectivity index (χ4v) is 4.19. The summed E-state index contributed by atoms with van der Waals surface area (Å²) in [6.07, 6.45) is 14.3. The van der Waals surface area contributed by atoms with Gasteiger partial charge in [0.2, 0.25) is 5.91 Å². The smallest absolute Gasteiger partial charge is 0.220 e. The van der Waals surface area contributed by atoms with E-state index in [1.807, 2.05) is 16.9 Å². The number of amides is 1. The minimum absolute atomic E-state index is 0.195. The van der Waals surface area contributed by atoms with E-state index in [4.69, 9.17) is 0 Å². The van der Waals surface area contributed by atoms with Gasteiger partial charge in [-0.25, -0.2) is 0 Å². The number of aryl methyl sites for hydroxylation is 1. The van der Waals surface area contributed by atoms with E-state index >= 15 is 0 Å². The Bertz CT molecular complexity index is 473. The Morgan fingerprint density at radius 3 is 2.61 bits per heavy atom. The standard InChI is InChI=1S/C18H30N4O/c23-17(8-6-14-22-15-7-11-20-22)19-16-18(9-2-3-10-18)21-12-4-1-5-13-21/h7,11,15H,1-6,8-10,12-14,16H2,(H,19,23). The molecule has 0 aromatic carbocycles. The Hall–Kier alpha value is -1.36. The van der Waals surface area contributed by atoms with Crippen molar-refractivity contribution in [1.29, 1.82) is 0 Å². The second-order valence-corrected chi connectivity index (χ2v) is 7.13. The Labute approximate surface area is 139 Å². The zero-order valence-electron chi connectivity index (χ0n) is 14.2. The maximum atomic E-state index is 12.2. The molecule has 1 amide bonds. The number of likely N-dealkylation sites (tertiary alicyclic amines) is 1. The van der Waals surface area contributed by atoms with Gasteiger partial charge in [-0.15, -0.1) is 0 Å². The molecule has 2 aliphatic rings. The summed E-state index contributed by atoms with van der Waals surface area (Å²) in [5.41, 5.74) is 0.248. The third-order valence-corrected chi connectivity index (χ3v) is 5.53. The van der Waals surface area contributed by atoms with Crippen molar-refractivity contribution in [2.75, 3.05) is 19.6 Å². The van der Waals surface area contributed by atoms with Crippen LogP contribution in [0.1, 0.15) is 57.8 Å². The van der Waals surface area contributed by atoms with E-state index in [0.29, 0.717) is 6.42 Å². The lowest BCUT2D eigenvalue weighted by molar-refractivity contribution is -0.122. The van der Waals surface area contributed by atoms with Crippen LogP contribution in [0.15, 0.2) is 18.5 Å². The molecule has 1 aromatic heterocycles. The molecule has 1 N–H and O–H groups in total. The van der Waals surface area contributed by atoms with Gasteiger partial charge in [-0.2, -0.15) is 5.10 Å². The van der Waals surface area contributed by atoms with Crippen molar-refractivity contribution in [2.45, 2.75) is 69.9 Å². The highest BCUT2D eigenvalue weighted by Gasteiger charge is 2.39. The molecule has 1 aromatic rings. The van der Waals surface area contributed by atoms with Crippen molar-refractivity contribution in [1.82, 2.24) is 20.0 Å². The topological polar surface area (TPSA) is 50.2 Å². The first kappa shape index (κ1) is 16.5. The highest BCUT2D eigenvalue weighted by Crippen LogP contribution is 2.36. The van der Waals surface area contributed by atoms with Crippen LogP contribution in [0.3, 0.4) is 0 Å². The minimum atomic E-state index is 0.195. The van der Waals surface area contributed by atoms with E-state index in [2.05, 4.69) is 15.3 Å². The van der Waals surface area contributed by atoms with Crippen LogP contribution in [-0.4, -0.2) is 45.8 Å². The number of hydrogen-bond acceptors (Lipinski definition) is 3. The predicted octanol–water partition coefficient (Wildman–Crippen LogP) is 2.58. The Morgan fingerprint density at radius 1 is 1.13 bits per heavy atom. The molecule has 0 unspecified atom stereocenters. The molecule has 1 aliphatic carbocycles. The molecular formula is C18H30N4O. The molecule has 2 fully saturated rings. The van der Waals surface area contributed by atoms with E-state index in [9.17, 15) is 4.79 Å². The lowest BCUT2D eigenvalue weighted by atomic mass is 9.92. The molecule has 0 atom stereocenters. The number of hydrogen-bond donors (Lipinski definition) is 1. The molecule has 3 rings (SSSR count). The van der Waals surface area contributed by atoms with Gasteiger partial charge >= 0.3 is 0 Å². The van der Waals surface area contributed by atoms with Gasteiger partial charge in [0.15, 0.2) is 0 Å². The highest BCUT2D eigenvalue weighted by atomic mass is 16.1. The Kier molecular flexibility index (Phi) is 5.70. The lowest BCUT2D eigenvalue weighted by Crippen LogP contribution is -2.55. The molecule has 0 bridgehead atoms. The number of nitrogens with zero attached hydrogens (tertiary/aromatic N) is 3. The first-order valence-corrected chi connectivity index (χ1v) is 9.28. The second-order valence-electron chi connectivity index (χ2n) is 7.13. The van der Waals surface area contributed by atoms with Crippen LogP contribution >= 0.6 is 0 Å². The summed E-state index contributed by atoms with van der Waals surface area (Å²) in [5.74, 6) is 0.195. The normalized spacial score (nSPS) is 21.4. The molecule has 2 heterocycles. The Balaban J connectivity index is 1.43. The number of carbonyl (C=O) groups excluding carboxylic acids is 1. The zero-order chi connectivity index (χ0) is 16.0. The average molecular weight is 318 g/mol. The minimum Gasteiger partial charge on any atom is -0.354 e. The number of carbonyl (C=O) groups is 1. The number of rotatable bonds is 7. The lowest BCUT2D eigenvalue weighted by Gasteiger charge is -2.43. The van der Waals surface area contributed by atoms with Gasteiger partial charge in [-0.3, -0.25) is 14.4 Å². The number of piperidine rings is 1. The van der Waals surface area contributed by atoms with Gasteiger partial charge in [0.1, 0.15) is 0 Å². The van der Waals surface area contributed by atoms with Crippen LogP contribution < -0.4 is 5.32 Å². The van der Waals surface area contributed by atoms with E-state index in [1.54, 1.807) is 6.20 Å². The fraction of sp³-hybridized carbons (Fsp3) is 0.778. The van der Waals surface area contributed by atoms with Crippen LogP contribution in [-0.2, 0) is 11.3 Å². The summed E-state index contributed by atoms with van der Waals surface area (Å²) in [5, 5.41) is 7.41. The van der Waals surface area contributed by atoms with Crippen LogP contribution in [0, 0.1) is 0 Å². The molecule has 0 spiro atoms. The molecule has 128 valence electrons. The van der Waals surface area contributed by atoms with Crippen LogP contribution in [0.5, 0.6) is 0 Å². The van der Waals surface area contributed by atoms with Crippen molar-refractivity contribution in [3.8, 4) is 0 Å². The average Bonchev–Trinajstić information content (AvgIpc) is 3.26. The molecular weight excluding hydrogens is 288 g/mol. The third kappa shape index (κ3) is 4.34. The molecule has 5 nitrogen and oxygen atoms in total. The van der Waals surface area contributed by atoms with Crippen LogP contribution in [0.2, 0.25) is 0 Å². The summed E-state index contributed by atoms with van der Waals surface area (Å²) >= 11 is 0. The Morgan fingerprint density at radius 2 is 1.91 bits per heavy atom. The van der Waals surface area contributed by atoms with Gasteiger partial charge in [-0.1, -0.05) is 19.3 Å². The molecule has 1 saturated heterocycles. The third-order valence-electron chi connectivity index (χ3n) is 5.53. The summed E-state index contributed by atoms with van der Waals surface area (Å²) < 4.78 is 1.89. The van der Waals surface area contributed by atoms with Crippen molar-refractivity contribution in [3.05, 3.63) is 18.5 Å². The van der Waals surface area contributed by atoms with Crippen molar-refractivity contribution >= 4 is 5.91 Å². The summed E-state index contributed by atoms with van der Waals surface area (Å²) in [4.78, 5) is 14.9. The molecule has 5 heteroatoms. The van der Waals surface area contributed by atoms with Gasteiger partial charge < -0.3 is 5.32 Å². The summed E-state index contributed by atoms with van der Waals surface area (Å²) in [6.45, 7) is 4.09. The monoisotopic (exact) mass is 318 g/mol. The highest BCUT2D eigenvalue weighted by molar-refractivity contribution is 5.75. The summed E-state index contributed by atoms with van der Waals surface area (Å²) in [6, 6.07) is 1.92. The van der Waals surface area contributed by atoms with Gasteiger partial charge in [-0.05, 0) is 51.3 Å². The van der Waals surface area contributed by atoms with Gasteiger partial charge in [0.25, 0.3) is 0 Å². The predicted molar refractivity (Wildman–Crippen MR) is 91.1 cm³/mol. The van der Waals surface area contributed by atoms with E-state index in [1.165, 1.54) is 58.0 Å². The zero-order valence-corrected chi connectivity index (χ0v) is 14.2. The molecule has 23 heavy (non-hydrogen) atoms. The van der Waals surface area contributed by atoms with Gasteiger partial charge in [0, 0.05) is 37.4 Å². The molecule has 0 radical (unpaired) electrons. The van der Waals surface area contributed by atoms with Crippen LogP contribution in [0.25, 0.3) is 0 Å². The first-order valence-electron chi connectivity index (χ1n) is 9.28. The van der Waals surface area contributed by atoms with E-state index in [-0.39, 0.29) is 11.4 Å². The van der Waals surface area contributed by atoms with Crippen molar-refractivity contribution in [3.63, 3.8) is 0 Å². The van der Waals surface area contributed by atoms with Crippen molar-refractivity contribution in [2.24, 2.45) is 0 Å². The largest absolute Gasteiger partial charge is 0.354 e. The number of aromatic nitrogens is 2. The quantitative estimate of drug-likeness (QED) is 0.840. The fourth-order valence-electron chi connectivity index (χ4n) is 4.19. The maximum absolute atomic E-state index is 12.2. The maximum Gasteiger partial charge on any atom is 0.220 e. The van der Waals surface area contributed by atoms with Crippen LogP contribution in [0.4, 0.5) is 0 Å². The van der Waals surface area contributed by atoms with Gasteiger partial charge in [0.05, 0.1) is 0 Å².